The predicted molar refractivity (Wildman–Crippen MR) is 83.8 cm³/mol. The molecule has 1 saturated carbocycles. The lowest BCUT2D eigenvalue weighted by molar-refractivity contribution is 0.581. The minimum atomic E-state index is -3.33. The maximum absolute atomic E-state index is 12.0. The van der Waals surface area contributed by atoms with E-state index in [1.54, 1.807) is 12.1 Å². The molecule has 0 radical (unpaired) electrons. The minimum Gasteiger partial charge on any atom is -0.381 e. The number of nitrogens with one attached hydrogen (secondary N) is 2. The van der Waals surface area contributed by atoms with Gasteiger partial charge in [0, 0.05) is 23.5 Å². The maximum atomic E-state index is 12.0. The molecule has 0 bridgehead atoms. The summed E-state index contributed by atoms with van der Waals surface area (Å²) in [6.07, 6.45) is 4.35. The molecule has 1 heterocycles. The molecule has 0 aromatic heterocycles. The summed E-state index contributed by atoms with van der Waals surface area (Å²) < 4.78 is 26.8. The summed E-state index contributed by atoms with van der Waals surface area (Å²) in [7, 11) is -3.33. The van der Waals surface area contributed by atoms with Gasteiger partial charge in [0.05, 0.1) is 4.90 Å². The van der Waals surface area contributed by atoms with Crippen LogP contribution in [0.2, 0.25) is 0 Å². The van der Waals surface area contributed by atoms with Gasteiger partial charge in [0.2, 0.25) is 10.0 Å². The number of hydrogen-bond acceptors (Lipinski definition) is 4. The SMILES string of the molecule is O=S(=O)(NC1CC1)c1ccc(NC2CCCSC2)cc1. The summed E-state index contributed by atoms with van der Waals surface area (Å²) in [6, 6.07) is 7.74. The Morgan fingerprint density at radius 2 is 1.80 bits per heavy atom. The van der Waals surface area contributed by atoms with Crippen molar-refractivity contribution in [3.63, 3.8) is 0 Å². The number of hydrogen-bond donors (Lipinski definition) is 2. The molecule has 4 nitrogen and oxygen atoms in total. The van der Waals surface area contributed by atoms with Crippen LogP contribution in [-0.2, 0) is 10.0 Å². The lowest BCUT2D eigenvalue weighted by Gasteiger charge is -2.23. The lowest BCUT2D eigenvalue weighted by atomic mass is 10.2. The molecule has 2 fully saturated rings. The van der Waals surface area contributed by atoms with Gasteiger partial charge in [0.25, 0.3) is 0 Å². The van der Waals surface area contributed by atoms with Crippen LogP contribution in [0, 0.1) is 0 Å². The Kier molecular flexibility index (Phi) is 4.23. The summed E-state index contributed by atoms with van der Waals surface area (Å²) in [6.45, 7) is 0. The van der Waals surface area contributed by atoms with Crippen LogP contribution in [0.25, 0.3) is 0 Å². The highest BCUT2D eigenvalue weighted by Crippen LogP contribution is 2.24. The van der Waals surface area contributed by atoms with Crippen molar-refractivity contribution in [3.8, 4) is 0 Å². The number of sulfonamides is 1. The van der Waals surface area contributed by atoms with Crippen molar-refractivity contribution in [1.29, 1.82) is 0 Å². The van der Waals surface area contributed by atoms with Gasteiger partial charge < -0.3 is 5.32 Å². The second-order valence-electron chi connectivity index (χ2n) is 5.48. The molecule has 1 aromatic carbocycles. The molecule has 1 atom stereocenters. The fourth-order valence-electron chi connectivity index (χ4n) is 2.31. The largest absolute Gasteiger partial charge is 0.381 e. The van der Waals surface area contributed by atoms with Gasteiger partial charge in [0.15, 0.2) is 0 Å². The first kappa shape index (κ1) is 14.2. The van der Waals surface area contributed by atoms with E-state index in [-0.39, 0.29) is 6.04 Å². The van der Waals surface area contributed by atoms with Crippen LogP contribution in [-0.4, -0.2) is 32.0 Å². The third-order valence-electron chi connectivity index (χ3n) is 3.59. The zero-order valence-corrected chi connectivity index (χ0v) is 13.0. The highest BCUT2D eigenvalue weighted by Gasteiger charge is 2.27. The van der Waals surface area contributed by atoms with Crippen molar-refractivity contribution in [2.75, 3.05) is 16.8 Å². The topological polar surface area (TPSA) is 58.2 Å². The normalized spacial score (nSPS) is 23.5. The molecule has 2 N–H and O–H groups in total. The van der Waals surface area contributed by atoms with Crippen molar-refractivity contribution < 1.29 is 8.42 Å². The molecule has 0 amide bonds. The molecule has 1 saturated heterocycles. The van der Waals surface area contributed by atoms with E-state index in [2.05, 4.69) is 10.0 Å². The summed E-state index contributed by atoms with van der Waals surface area (Å²) in [4.78, 5) is 0.355. The summed E-state index contributed by atoms with van der Waals surface area (Å²) in [5.74, 6) is 2.38. The molecule has 3 rings (SSSR count). The maximum Gasteiger partial charge on any atom is 0.240 e. The Balaban J connectivity index is 1.64. The Hall–Kier alpha value is -0.720. The van der Waals surface area contributed by atoms with Crippen LogP contribution < -0.4 is 10.0 Å². The van der Waals surface area contributed by atoms with Crippen molar-refractivity contribution in [3.05, 3.63) is 24.3 Å². The highest BCUT2D eigenvalue weighted by molar-refractivity contribution is 7.99. The molecule has 1 aromatic rings. The van der Waals surface area contributed by atoms with E-state index in [1.807, 2.05) is 23.9 Å². The predicted octanol–water partition coefficient (Wildman–Crippen LogP) is 2.43. The quantitative estimate of drug-likeness (QED) is 0.877. The Morgan fingerprint density at radius 1 is 1.05 bits per heavy atom. The second kappa shape index (κ2) is 5.95. The zero-order valence-electron chi connectivity index (χ0n) is 11.3. The number of rotatable bonds is 5. The Labute approximate surface area is 124 Å². The zero-order chi connectivity index (χ0) is 14.0. The molecule has 1 aliphatic carbocycles. The van der Waals surface area contributed by atoms with Gasteiger partial charge in [-0.05, 0) is 55.7 Å². The molecule has 0 spiro atoms. The third kappa shape index (κ3) is 3.68. The van der Waals surface area contributed by atoms with Crippen molar-refractivity contribution >= 4 is 27.5 Å². The minimum absolute atomic E-state index is 0.150. The van der Waals surface area contributed by atoms with Gasteiger partial charge in [0.1, 0.15) is 0 Å². The number of benzene rings is 1. The average Bonchev–Trinajstić information content (AvgIpc) is 3.24. The molecule has 20 heavy (non-hydrogen) atoms. The summed E-state index contributed by atoms with van der Waals surface area (Å²) in [5, 5.41) is 3.48. The van der Waals surface area contributed by atoms with Crippen LogP contribution in [0.1, 0.15) is 25.7 Å². The fraction of sp³-hybridized carbons (Fsp3) is 0.571. The van der Waals surface area contributed by atoms with Crippen molar-refractivity contribution in [1.82, 2.24) is 4.72 Å². The van der Waals surface area contributed by atoms with E-state index in [0.717, 1.165) is 24.3 Å². The Morgan fingerprint density at radius 3 is 2.40 bits per heavy atom. The van der Waals surface area contributed by atoms with E-state index in [4.69, 9.17) is 0 Å². The average molecular weight is 312 g/mol. The molecule has 1 aliphatic heterocycles. The van der Waals surface area contributed by atoms with E-state index in [9.17, 15) is 8.42 Å². The molecule has 1 unspecified atom stereocenters. The highest BCUT2D eigenvalue weighted by atomic mass is 32.2. The summed E-state index contributed by atoms with van der Waals surface area (Å²) >= 11 is 1.98. The molecular weight excluding hydrogens is 292 g/mol. The standard InChI is InChI=1S/C14H20N2O2S2/c17-20(18,16-12-3-4-12)14-7-5-11(6-8-14)15-13-2-1-9-19-10-13/h5-8,12-13,15-16H,1-4,9-10H2. The van der Waals surface area contributed by atoms with Gasteiger partial charge in [-0.15, -0.1) is 0 Å². The van der Waals surface area contributed by atoms with E-state index >= 15 is 0 Å². The fourth-order valence-corrected chi connectivity index (χ4v) is 4.69. The van der Waals surface area contributed by atoms with E-state index < -0.39 is 10.0 Å². The molecule has 6 heteroatoms. The first-order valence-corrected chi connectivity index (χ1v) is 9.74. The van der Waals surface area contributed by atoms with Crippen LogP contribution >= 0.6 is 11.8 Å². The monoisotopic (exact) mass is 312 g/mol. The second-order valence-corrected chi connectivity index (χ2v) is 8.34. The molecule has 2 aliphatic rings. The van der Waals surface area contributed by atoms with Gasteiger partial charge in [-0.3, -0.25) is 0 Å². The van der Waals surface area contributed by atoms with E-state index in [1.165, 1.54) is 18.6 Å². The Bertz CT molecular complexity index is 547. The van der Waals surface area contributed by atoms with Crippen LogP contribution in [0.4, 0.5) is 5.69 Å². The van der Waals surface area contributed by atoms with Crippen molar-refractivity contribution in [2.24, 2.45) is 0 Å². The van der Waals surface area contributed by atoms with Crippen molar-refractivity contribution in [2.45, 2.75) is 42.7 Å². The van der Waals surface area contributed by atoms with Gasteiger partial charge in [-0.2, -0.15) is 11.8 Å². The third-order valence-corrected chi connectivity index (χ3v) is 6.35. The van der Waals surface area contributed by atoms with Crippen LogP contribution in [0.3, 0.4) is 0 Å². The van der Waals surface area contributed by atoms with Gasteiger partial charge >= 0.3 is 0 Å². The van der Waals surface area contributed by atoms with Gasteiger partial charge in [-0.25, -0.2) is 13.1 Å². The van der Waals surface area contributed by atoms with E-state index in [0.29, 0.717) is 10.9 Å². The first-order valence-electron chi connectivity index (χ1n) is 7.10. The van der Waals surface area contributed by atoms with Gasteiger partial charge in [-0.1, -0.05) is 0 Å². The number of thioether (sulfide) groups is 1. The lowest BCUT2D eigenvalue weighted by Crippen LogP contribution is -2.26. The van der Waals surface area contributed by atoms with Crippen LogP contribution in [0.5, 0.6) is 0 Å². The molecular formula is C14H20N2O2S2. The molecule has 110 valence electrons. The summed E-state index contributed by atoms with van der Waals surface area (Å²) in [5.41, 5.74) is 1.00. The first-order chi connectivity index (χ1) is 9.63. The smallest absolute Gasteiger partial charge is 0.240 e. The number of anilines is 1. The van der Waals surface area contributed by atoms with Crippen LogP contribution in [0.15, 0.2) is 29.2 Å².